The molecular weight excluding hydrogens is 200 g/mol. The van der Waals surface area contributed by atoms with Gasteiger partial charge in [-0.15, -0.1) is 0 Å². The van der Waals surface area contributed by atoms with Crippen LogP contribution in [0, 0.1) is 0 Å². The van der Waals surface area contributed by atoms with Gasteiger partial charge in [-0.1, -0.05) is 6.92 Å². The van der Waals surface area contributed by atoms with Crippen LogP contribution in [0.5, 0.6) is 0 Å². The van der Waals surface area contributed by atoms with Crippen molar-refractivity contribution in [1.29, 1.82) is 0 Å². The molecule has 16 heavy (non-hydrogen) atoms. The fraction of sp³-hybridized carbons (Fsp3) is 0.417. The van der Waals surface area contributed by atoms with E-state index in [0.29, 0.717) is 0 Å². The minimum Gasteiger partial charge on any atom is -0.377 e. The van der Waals surface area contributed by atoms with Crippen LogP contribution in [-0.2, 0) is 20.1 Å². The molecule has 0 aromatic carbocycles. The summed E-state index contributed by atoms with van der Waals surface area (Å²) in [5.74, 6) is 0. The monoisotopic (exact) mass is 218 g/mol. The lowest BCUT2D eigenvalue weighted by Gasteiger charge is -2.08. The van der Waals surface area contributed by atoms with Crippen molar-refractivity contribution in [1.82, 2.24) is 14.3 Å². The summed E-state index contributed by atoms with van der Waals surface area (Å²) in [5, 5.41) is 7.49. The van der Waals surface area contributed by atoms with Gasteiger partial charge in [0.2, 0.25) is 0 Å². The SMILES string of the molecule is CCCn1cccc1CNc1cnn(C)c1. The van der Waals surface area contributed by atoms with Crippen molar-refractivity contribution in [3.05, 3.63) is 36.4 Å². The zero-order valence-corrected chi connectivity index (χ0v) is 9.85. The predicted molar refractivity (Wildman–Crippen MR) is 65.3 cm³/mol. The number of anilines is 1. The second-order valence-corrected chi connectivity index (χ2v) is 3.95. The van der Waals surface area contributed by atoms with Crippen molar-refractivity contribution in [3.63, 3.8) is 0 Å². The molecule has 0 spiro atoms. The molecule has 0 aliphatic heterocycles. The Morgan fingerprint density at radius 1 is 1.44 bits per heavy atom. The Morgan fingerprint density at radius 3 is 3.00 bits per heavy atom. The van der Waals surface area contributed by atoms with E-state index < -0.39 is 0 Å². The quantitative estimate of drug-likeness (QED) is 0.835. The molecule has 4 heteroatoms. The van der Waals surface area contributed by atoms with Gasteiger partial charge in [0.05, 0.1) is 18.4 Å². The van der Waals surface area contributed by atoms with Crippen LogP contribution in [0.15, 0.2) is 30.7 Å². The molecular formula is C12H18N4. The predicted octanol–water partition coefficient (Wildman–Crippen LogP) is 2.24. The van der Waals surface area contributed by atoms with E-state index >= 15 is 0 Å². The van der Waals surface area contributed by atoms with E-state index in [1.54, 1.807) is 4.68 Å². The molecule has 0 saturated heterocycles. The van der Waals surface area contributed by atoms with Gasteiger partial charge < -0.3 is 9.88 Å². The molecule has 0 saturated carbocycles. The molecule has 0 aliphatic carbocycles. The van der Waals surface area contributed by atoms with Crippen LogP contribution in [-0.4, -0.2) is 14.3 Å². The summed E-state index contributed by atoms with van der Waals surface area (Å²) in [5.41, 5.74) is 2.37. The summed E-state index contributed by atoms with van der Waals surface area (Å²) in [6.45, 7) is 4.12. The van der Waals surface area contributed by atoms with E-state index in [1.807, 2.05) is 19.4 Å². The molecule has 0 atom stereocenters. The highest BCUT2D eigenvalue weighted by atomic mass is 15.3. The molecule has 0 fully saturated rings. The van der Waals surface area contributed by atoms with Gasteiger partial charge >= 0.3 is 0 Å². The minimum atomic E-state index is 0.846. The van der Waals surface area contributed by atoms with E-state index in [1.165, 1.54) is 5.69 Å². The van der Waals surface area contributed by atoms with Crippen molar-refractivity contribution in [3.8, 4) is 0 Å². The highest BCUT2D eigenvalue weighted by Gasteiger charge is 2.00. The Bertz CT molecular complexity index is 441. The van der Waals surface area contributed by atoms with Gasteiger partial charge in [-0.25, -0.2) is 0 Å². The second kappa shape index (κ2) is 4.88. The van der Waals surface area contributed by atoms with Crippen LogP contribution >= 0.6 is 0 Å². The van der Waals surface area contributed by atoms with E-state index in [0.717, 1.165) is 25.2 Å². The van der Waals surface area contributed by atoms with Gasteiger partial charge in [-0.2, -0.15) is 5.10 Å². The molecule has 2 rings (SSSR count). The van der Waals surface area contributed by atoms with Crippen LogP contribution in [0.2, 0.25) is 0 Å². The molecule has 2 aromatic rings. The minimum absolute atomic E-state index is 0.846. The first-order valence-corrected chi connectivity index (χ1v) is 5.66. The van der Waals surface area contributed by atoms with E-state index in [4.69, 9.17) is 0 Å². The van der Waals surface area contributed by atoms with E-state index in [2.05, 4.69) is 40.2 Å². The zero-order valence-electron chi connectivity index (χ0n) is 9.85. The summed E-state index contributed by atoms with van der Waals surface area (Å²) < 4.78 is 4.08. The average molecular weight is 218 g/mol. The van der Waals surface area contributed by atoms with Gasteiger partial charge in [-0.3, -0.25) is 4.68 Å². The number of hydrogen-bond acceptors (Lipinski definition) is 2. The molecule has 0 unspecified atom stereocenters. The third-order valence-electron chi connectivity index (χ3n) is 2.57. The average Bonchev–Trinajstić information content (AvgIpc) is 2.85. The molecule has 0 radical (unpaired) electrons. The summed E-state index contributed by atoms with van der Waals surface area (Å²) in [6, 6.07) is 4.24. The summed E-state index contributed by atoms with van der Waals surface area (Å²) in [7, 11) is 1.92. The van der Waals surface area contributed by atoms with Gasteiger partial charge in [-0.05, 0) is 18.6 Å². The van der Waals surface area contributed by atoms with Gasteiger partial charge in [0.1, 0.15) is 0 Å². The highest BCUT2D eigenvalue weighted by Crippen LogP contribution is 2.08. The number of nitrogens with one attached hydrogen (secondary N) is 1. The normalized spacial score (nSPS) is 10.6. The number of aryl methyl sites for hydroxylation is 2. The zero-order chi connectivity index (χ0) is 11.4. The van der Waals surface area contributed by atoms with Crippen molar-refractivity contribution in [2.75, 3.05) is 5.32 Å². The smallest absolute Gasteiger partial charge is 0.0729 e. The third kappa shape index (κ3) is 2.45. The molecule has 2 aromatic heterocycles. The molecule has 0 aliphatic rings. The Morgan fingerprint density at radius 2 is 2.31 bits per heavy atom. The number of nitrogens with zero attached hydrogens (tertiary/aromatic N) is 3. The van der Waals surface area contributed by atoms with Crippen molar-refractivity contribution >= 4 is 5.69 Å². The Labute approximate surface area is 95.9 Å². The summed E-state index contributed by atoms with van der Waals surface area (Å²) in [4.78, 5) is 0. The van der Waals surface area contributed by atoms with Crippen LogP contribution < -0.4 is 5.32 Å². The fourth-order valence-electron chi connectivity index (χ4n) is 1.77. The van der Waals surface area contributed by atoms with Crippen LogP contribution in [0.25, 0.3) is 0 Å². The topological polar surface area (TPSA) is 34.8 Å². The largest absolute Gasteiger partial charge is 0.377 e. The van der Waals surface area contributed by atoms with Crippen molar-refractivity contribution in [2.24, 2.45) is 7.05 Å². The van der Waals surface area contributed by atoms with Crippen molar-refractivity contribution in [2.45, 2.75) is 26.4 Å². The summed E-state index contributed by atoms with van der Waals surface area (Å²) in [6.07, 6.45) is 7.11. The lowest BCUT2D eigenvalue weighted by atomic mass is 10.4. The van der Waals surface area contributed by atoms with Gasteiger partial charge in [0.15, 0.2) is 0 Å². The molecule has 4 nitrogen and oxygen atoms in total. The second-order valence-electron chi connectivity index (χ2n) is 3.95. The lowest BCUT2D eigenvalue weighted by molar-refractivity contribution is 0.654. The molecule has 2 heterocycles. The first kappa shape index (κ1) is 10.8. The van der Waals surface area contributed by atoms with Crippen LogP contribution in [0.3, 0.4) is 0 Å². The lowest BCUT2D eigenvalue weighted by Crippen LogP contribution is -2.06. The third-order valence-corrected chi connectivity index (χ3v) is 2.57. The first-order valence-electron chi connectivity index (χ1n) is 5.66. The molecule has 0 bridgehead atoms. The summed E-state index contributed by atoms with van der Waals surface area (Å²) >= 11 is 0. The van der Waals surface area contributed by atoms with Crippen molar-refractivity contribution < 1.29 is 0 Å². The molecule has 1 N–H and O–H groups in total. The highest BCUT2D eigenvalue weighted by molar-refractivity contribution is 5.38. The molecule has 86 valence electrons. The maximum absolute atomic E-state index is 4.12. The Kier molecular flexibility index (Phi) is 3.29. The van der Waals surface area contributed by atoms with Crippen LogP contribution in [0.4, 0.5) is 5.69 Å². The fourth-order valence-corrected chi connectivity index (χ4v) is 1.77. The van der Waals surface area contributed by atoms with Gasteiger partial charge in [0.25, 0.3) is 0 Å². The van der Waals surface area contributed by atoms with Gasteiger partial charge in [0, 0.05) is 31.7 Å². The number of aromatic nitrogens is 3. The van der Waals surface area contributed by atoms with E-state index in [-0.39, 0.29) is 0 Å². The molecule has 0 amide bonds. The van der Waals surface area contributed by atoms with Crippen LogP contribution in [0.1, 0.15) is 19.0 Å². The maximum atomic E-state index is 4.12. The van der Waals surface area contributed by atoms with E-state index in [9.17, 15) is 0 Å². The maximum Gasteiger partial charge on any atom is 0.0729 e. The Balaban J connectivity index is 1.96. The number of rotatable bonds is 5. The Hall–Kier alpha value is -1.71. The first-order chi connectivity index (χ1) is 7.79. The number of hydrogen-bond donors (Lipinski definition) is 1. The standard InChI is InChI=1S/C12H18N4/c1-3-6-16-7-4-5-12(16)9-13-11-8-14-15(2)10-11/h4-5,7-8,10,13H,3,6,9H2,1-2H3.